The van der Waals surface area contributed by atoms with Crippen molar-refractivity contribution in [3.8, 4) is 0 Å². The van der Waals surface area contributed by atoms with Gasteiger partial charge in [0.25, 0.3) is 0 Å². The molecule has 11 rings (SSSR count). The van der Waals surface area contributed by atoms with Crippen LogP contribution >= 0.6 is 0 Å². The van der Waals surface area contributed by atoms with Gasteiger partial charge in [-0.15, -0.1) is 0 Å². The molecule has 3 aliphatic heterocycles. The normalized spacial score (nSPS) is 36.8. The zero-order chi connectivity index (χ0) is 44.9. The molecule has 0 aromatic rings. The Labute approximate surface area is 404 Å². The third-order valence-electron chi connectivity index (χ3n) is 18.7. The first-order valence-electron chi connectivity index (χ1n) is 27.1. The van der Waals surface area contributed by atoms with Gasteiger partial charge in [0.05, 0.1) is 38.1 Å². The summed E-state index contributed by atoms with van der Waals surface area (Å²) in [7, 11) is 0. The van der Waals surface area contributed by atoms with Crippen LogP contribution in [-0.4, -0.2) is 51.3 Å². The van der Waals surface area contributed by atoms with Crippen LogP contribution in [-0.2, 0) is 18.9 Å². The summed E-state index contributed by atoms with van der Waals surface area (Å²) in [5.74, 6) is 7.49. The number of fused-ring (bicyclic) bond motifs is 2. The van der Waals surface area contributed by atoms with Gasteiger partial charge in [-0.2, -0.15) is 0 Å². The highest BCUT2D eigenvalue weighted by atomic mass is 16.6. The molecule has 11 fully saturated rings. The first kappa shape index (κ1) is 61.9. The van der Waals surface area contributed by atoms with Crippen LogP contribution in [0.4, 0.5) is 0 Å². The third kappa shape index (κ3) is 19.3. The lowest BCUT2D eigenvalue weighted by atomic mass is 9.46. The maximum atomic E-state index is 5.28. The van der Waals surface area contributed by atoms with E-state index >= 15 is 0 Å². The zero-order valence-corrected chi connectivity index (χ0v) is 43.7. The summed E-state index contributed by atoms with van der Waals surface area (Å²) in [6.07, 6.45) is 34.7. The van der Waals surface area contributed by atoms with Crippen molar-refractivity contribution in [3.05, 3.63) is 0 Å². The minimum atomic E-state index is 0. The third-order valence-corrected chi connectivity index (χ3v) is 18.7. The number of hydrogen-bond acceptors (Lipinski definition) is 4. The summed E-state index contributed by atoms with van der Waals surface area (Å²) < 4.78 is 20.6. The highest BCUT2D eigenvalue weighted by Crippen LogP contribution is 2.65. The number of rotatable bonds is 1. The fourth-order valence-corrected chi connectivity index (χ4v) is 14.4. The molecule has 0 radical (unpaired) electrons. The molecule has 6 atom stereocenters. The predicted molar refractivity (Wildman–Crippen MR) is 282 cm³/mol. The zero-order valence-electron chi connectivity index (χ0n) is 43.7. The molecule has 0 N–H and O–H groups in total. The van der Waals surface area contributed by atoms with E-state index in [2.05, 4.69) is 90.0 Å². The lowest BCUT2D eigenvalue weighted by molar-refractivity contribution is -0.0876. The average Bonchev–Trinajstić information content (AvgIpc) is 3.85. The lowest BCUT2D eigenvalue weighted by Gasteiger charge is -2.59. The topological polar surface area (TPSA) is 36.9 Å². The molecule has 384 valence electrons. The monoisotopic (exact) mass is 905 g/mol. The molecular formula is C60H120O4. The minimum absolute atomic E-state index is 0. The molecule has 8 saturated carbocycles. The Morgan fingerprint density at radius 2 is 0.953 bits per heavy atom. The number of ether oxygens (including phenoxy) is 4. The Balaban J connectivity index is 0.000000375. The molecule has 6 unspecified atom stereocenters. The number of hydrogen-bond donors (Lipinski definition) is 0. The molecule has 6 bridgehead atoms. The quantitative estimate of drug-likeness (QED) is 0.263. The van der Waals surface area contributed by atoms with Crippen LogP contribution in [0.25, 0.3) is 0 Å². The van der Waals surface area contributed by atoms with Crippen molar-refractivity contribution < 1.29 is 18.9 Å². The van der Waals surface area contributed by atoms with E-state index in [1.54, 1.807) is 32.1 Å². The van der Waals surface area contributed by atoms with Gasteiger partial charge in [-0.1, -0.05) is 137 Å². The Kier molecular flexibility index (Phi) is 27.5. The molecular weight excluding hydrogens is 785 g/mol. The fraction of sp³-hybridized carbons (Fsp3) is 1.00. The molecule has 4 nitrogen and oxygen atoms in total. The maximum Gasteiger partial charge on any atom is 0.0781 e. The molecule has 8 aliphatic carbocycles. The Bertz CT molecular complexity index is 1130. The van der Waals surface area contributed by atoms with E-state index < -0.39 is 0 Å². The minimum Gasteiger partial charge on any atom is -0.379 e. The predicted octanol–water partition coefficient (Wildman–Crippen LogP) is 18.6. The van der Waals surface area contributed by atoms with Gasteiger partial charge in [0.1, 0.15) is 0 Å². The first-order valence-corrected chi connectivity index (χ1v) is 27.1. The average molecular weight is 906 g/mol. The van der Waals surface area contributed by atoms with Crippen molar-refractivity contribution in [1.82, 2.24) is 0 Å². The highest BCUT2D eigenvalue weighted by Gasteiger charge is 2.56. The van der Waals surface area contributed by atoms with Crippen molar-refractivity contribution in [2.75, 3.05) is 33.0 Å². The van der Waals surface area contributed by atoms with Crippen molar-refractivity contribution in [3.63, 3.8) is 0 Å². The fourth-order valence-electron chi connectivity index (χ4n) is 14.4. The second-order valence-electron chi connectivity index (χ2n) is 25.8. The van der Waals surface area contributed by atoms with Crippen LogP contribution in [0.1, 0.15) is 267 Å². The molecule has 3 saturated heterocycles. The van der Waals surface area contributed by atoms with Gasteiger partial charge >= 0.3 is 0 Å². The van der Waals surface area contributed by atoms with E-state index in [1.807, 2.05) is 6.92 Å². The van der Waals surface area contributed by atoms with E-state index in [-0.39, 0.29) is 22.3 Å². The van der Waals surface area contributed by atoms with Gasteiger partial charge in [0.2, 0.25) is 0 Å². The standard InChI is InChI=1S/C12H20.C11H20.C10H20.C8H16.C6H12O.C5H10O2.C5H10O.3CH4/c1-12(2)10-4-8-3-9(6-10)7-11(12)5-8;1-10(2)7-8-5-6-9(10)11(8,3)4;1-4-9-7-5-6-8-10(9,2)3;1-8(2)6-4-3-5-7-8;1-6-4-2-3-5-7-6;1-5-4-6-2-3-7-5;1-5-3-2-4-6-5;;;/h8-11H,3-7H2,1-2H3;8-9H,5-7H2,1-4H3;9H,4-8H2,1-3H3;3-7H2,1-2H3;6H,2-5H2,1H3;5H,2-4H2,1H3;5H,2-4H2,1H3;3*1H4. The molecule has 0 aromatic carbocycles. The molecule has 0 amide bonds. The van der Waals surface area contributed by atoms with Gasteiger partial charge in [-0.05, 0) is 198 Å². The van der Waals surface area contributed by atoms with Crippen LogP contribution in [0.5, 0.6) is 0 Å². The van der Waals surface area contributed by atoms with Gasteiger partial charge in [-0.25, -0.2) is 0 Å². The van der Waals surface area contributed by atoms with Gasteiger partial charge in [-0.3, -0.25) is 0 Å². The summed E-state index contributed by atoms with van der Waals surface area (Å²) in [6.45, 7) is 37.4. The van der Waals surface area contributed by atoms with E-state index in [4.69, 9.17) is 18.9 Å². The SMILES string of the molecule is C.C.C.CC1(C)C2CC3CC(C2)CC1C3.CC1(C)CC2CCC1C2(C)C.CC1(C)CCCCC1.CC1CCCCO1.CC1CCCO1.CC1COCCO1.CCC1CCCCC1(C)C. The summed E-state index contributed by atoms with van der Waals surface area (Å²) in [4.78, 5) is 0. The van der Waals surface area contributed by atoms with Gasteiger partial charge in [0.15, 0.2) is 0 Å². The lowest BCUT2D eigenvalue weighted by Crippen LogP contribution is -2.49. The van der Waals surface area contributed by atoms with Crippen molar-refractivity contribution in [1.29, 1.82) is 0 Å². The smallest absolute Gasteiger partial charge is 0.0781 e. The molecule has 3 heterocycles. The van der Waals surface area contributed by atoms with E-state index in [9.17, 15) is 0 Å². The van der Waals surface area contributed by atoms with Crippen molar-refractivity contribution in [2.24, 2.45) is 68.5 Å². The van der Waals surface area contributed by atoms with Crippen LogP contribution < -0.4 is 0 Å². The molecule has 4 heteroatoms. The molecule has 0 aromatic heterocycles. The summed E-state index contributed by atoms with van der Waals surface area (Å²) in [6, 6.07) is 0. The molecule has 0 spiro atoms. The summed E-state index contributed by atoms with van der Waals surface area (Å²) in [5, 5.41) is 0. The Morgan fingerprint density at radius 1 is 0.438 bits per heavy atom. The van der Waals surface area contributed by atoms with Crippen LogP contribution in [0.15, 0.2) is 0 Å². The van der Waals surface area contributed by atoms with Crippen LogP contribution in [0.3, 0.4) is 0 Å². The Morgan fingerprint density at radius 3 is 1.23 bits per heavy atom. The molecule has 64 heavy (non-hydrogen) atoms. The summed E-state index contributed by atoms with van der Waals surface area (Å²) in [5.41, 5.74) is 3.33. The highest BCUT2D eigenvalue weighted by molar-refractivity contribution is 5.06. The van der Waals surface area contributed by atoms with Gasteiger partial charge in [0, 0.05) is 13.2 Å². The van der Waals surface area contributed by atoms with Gasteiger partial charge < -0.3 is 18.9 Å². The second kappa shape index (κ2) is 28.5. The Hall–Kier alpha value is -0.160. The summed E-state index contributed by atoms with van der Waals surface area (Å²) >= 11 is 0. The van der Waals surface area contributed by atoms with E-state index in [0.717, 1.165) is 74.5 Å². The second-order valence-corrected chi connectivity index (χ2v) is 25.8. The largest absolute Gasteiger partial charge is 0.379 e. The maximum absolute atomic E-state index is 5.28. The molecule has 11 aliphatic rings. The van der Waals surface area contributed by atoms with Crippen molar-refractivity contribution >= 4 is 0 Å². The van der Waals surface area contributed by atoms with Crippen LogP contribution in [0.2, 0.25) is 0 Å². The van der Waals surface area contributed by atoms with Crippen molar-refractivity contribution in [2.45, 2.75) is 285 Å². The van der Waals surface area contributed by atoms with E-state index in [0.29, 0.717) is 45.4 Å². The van der Waals surface area contributed by atoms with E-state index in [1.165, 1.54) is 116 Å². The van der Waals surface area contributed by atoms with Crippen LogP contribution in [0, 0.1) is 68.5 Å². The first-order chi connectivity index (χ1) is 28.7.